The van der Waals surface area contributed by atoms with Crippen LogP contribution in [0.5, 0.6) is 0 Å². The molecule has 0 atom stereocenters. The van der Waals surface area contributed by atoms with Gasteiger partial charge in [-0.3, -0.25) is 0 Å². The number of hydrogen-bond acceptors (Lipinski definition) is 2. The van der Waals surface area contributed by atoms with Crippen LogP contribution in [0.3, 0.4) is 0 Å². The average Bonchev–Trinajstić information content (AvgIpc) is 2.48. The molecule has 3 nitrogen and oxygen atoms in total. The summed E-state index contributed by atoms with van der Waals surface area (Å²) in [5.74, 6) is 0. The van der Waals surface area contributed by atoms with Gasteiger partial charge in [0.25, 0.3) is 0 Å². The second-order valence-electron chi connectivity index (χ2n) is 3.31. The third kappa shape index (κ3) is 1.37. The lowest BCUT2D eigenvalue weighted by Crippen LogP contribution is -2.03. The fourth-order valence-corrected chi connectivity index (χ4v) is 1.66. The normalized spacial score (nSPS) is 11.3. The zero-order chi connectivity index (χ0) is 9.42. The van der Waals surface area contributed by atoms with Crippen LogP contribution in [0.4, 0.5) is 0 Å². The highest BCUT2D eigenvalue weighted by atomic mass is 32.1. The smallest absolute Gasteiger partial charge is 0.201 e. The molecule has 0 amide bonds. The highest BCUT2D eigenvalue weighted by molar-refractivity contribution is 7.71. The van der Waals surface area contributed by atoms with Crippen LogP contribution in [0.25, 0.3) is 11.0 Å². The summed E-state index contributed by atoms with van der Waals surface area (Å²) in [6.45, 7) is 4.19. The predicted octanol–water partition coefficient (Wildman–Crippen LogP) is 2.67. The number of aromatic amines is 1. The van der Waals surface area contributed by atoms with Gasteiger partial charge in [0.05, 0.1) is 0 Å². The first-order chi connectivity index (χ1) is 6.18. The minimum Gasteiger partial charge on any atom is -0.346 e. The number of hydrogen-bond donors (Lipinski definition) is 1. The van der Waals surface area contributed by atoms with Gasteiger partial charge >= 0.3 is 0 Å². The molecule has 0 spiro atoms. The molecule has 2 aromatic rings. The van der Waals surface area contributed by atoms with Crippen molar-refractivity contribution in [1.82, 2.24) is 14.5 Å². The lowest BCUT2D eigenvalue weighted by molar-refractivity contribution is 0.582. The van der Waals surface area contributed by atoms with Gasteiger partial charge in [-0.25, -0.2) is 4.98 Å². The van der Waals surface area contributed by atoms with E-state index >= 15 is 0 Å². The molecule has 68 valence electrons. The Labute approximate surface area is 81.4 Å². The molecule has 0 saturated heterocycles. The predicted molar refractivity (Wildman–Crippen MR) is 55.3 cm³/mol. The Kier molecular flexibility index (Phi) is 1.92. The number of H-pyrrole nitrogens is 1. The zero-order valence-electron chi connectivity index (χ0n) is 7.61. The SMILES string of the molecule is CC(C)n1cc2cc[nH]c2nc1=S. The van der Waals surface area contributed by atoms with Crippen LogP contribution >= 0.6 is 12.2 Å². The summed E-state index contributed by atoms with van der Waals surface area (Å²) in [6, 6.07) is 2.36. The van der Waals surface area contributed by atoms with Gasteiger partial charge in [0, 0.05) is 23.8 Å². The van der Waals surface area contributed by atoms with E-state index in [4.69, 9.17) is 12.2 Å². The monoisotopic (exact) mass is 193 g/mol. The number of rotatable bonds is 1. The summed E-state index contributed by atoms with van der Waals surface area (Å²) >= 11 is 5.15. The lowest BCUT2D eigenvalue weighted by Gasteiger charge is -2.09. The van der Waals surface area contributed by atoms with Crippen LogP contribution < -0.4 is 0 Å². The van der Waals surface area contributed by atoms with Crippen molar-refractivity contribution in [2.75, 3.05) is 0 Å². The molecule has 2 aromatic heterocycles. The first-order valence-electron chi connectivity index (χ1n) is 4.25. The highest BCUT2D eigenvalue weighted by Gasteiger charge is 2.01. The molecular formula is C9H11N3S. The fraction of sp³-hybridized carbons (Fsp3) is 0.333. The van der Waals surface area contributed by atoms with E-state index in [2.05, 4.69) is 23.8 Å². The fourth-order valence-electron chi connectivity index (χ4n) is 1.30. The van der Waals surface area contributed by atoms with E-state index in [-0.39, 0.29) is 0 Å². The molecule has 0 aromatic carbocycles. The van der Waals surface area contributed by atoms with Crippen LogP contribution in [0, 0.1) is 4.77 Å². The quantitative estimate of drug-likeness (QED) is 0.706. The summed E-state index contributed by atoms with van der Waals surface area (Å²) in [6.07, 6.45) is 3.91. The number of fused-ring (bicyclic) bond motifs is 1. The molecule has 1 N–H and O–H groups in total. The van der Waals surface area contributed by atoms with Crippen molar-refractivity contribution in [3.05, 3.63) is 23.2 Å². The summed E-state index contributed by atoms with van der Waals surface area (Å²) in [7, 11) is 0. The standard InChI is InChI=1S/C9H11N3S/c1-6(2)12-5-7-3-4-10-8(7)11-9(12)13/h3-6H,1-2H3,(H,10,11,13). The Hall–Kier alpha value is -1.16. The maximum Gasteiger partial charge on any atom is 0.201 e. The van der Waals surface area contributed by atoms with Gasteiger partial charge in [-0.15, -0.1) is 0 Å². The Morgan fingerprint density at radius 2 is 2.31 bits per heavy atom. The largest absolute Gasteiger partial charge is 0.346 e. The minimum absolute atomic E-state index is 0.360. The summed E-state index contributed by atoms with van der Waals surface area (Å²) in [5, 5.41) is 1.10. The van der Waals surface area contributed by atoms with Crippen molar-refractivity contribution < 1.29 is 0 Å². The van der Waals surface area contributed by atoms with Crippen LogP contribution in [-0.4, -0.2) is 14.5 Å². The van der Waals surface area contributed by atoms with E-state index in [1.165, 1.54) is 0 Å². The molecule has 2 rings (SSSR count). The average molecular weight is 193 g/mol. The molecule has 0 unspecified atom stereocenters. The molecule has 0 saturated carbocycles. The van der Waals surface area contributed by atoms with Crippen LogP contribution in [0.15, 0.2) is 18.5 Å². The van der Waals surface area contributed by atoms with Gasteiger partial charge in [0.1, 0.15) is 5.65 Å². The summed E-state index contributed by atoms with van der Waals surface area (Å²) in [4.78, 5) is 7.31. The molecule has 13 heavy (non-hydrogen) atoms. The van der Waals surface area contributed by atoms with Gasteiger partial charge in [0.15, 0.2) is 0 Å². The maximum atomic E-state index is 5.15. The van der Waals surface area contributed by atoms with E-state index < -0.39 is 0 Å². The van der Waals surface area contributed by atoms with E-state index in [1.54, 1.807) is 0 Å². The topological polar surface area (TPSA) is 33.6 Å². The number of aromatic nitrogens is 3. The van der Waals surface area contributed by atoms with Crippen molar-refractivity contribution >= 4 is 23.3 Å². The van der Waals surface area contributed by atoms with Gasteiger partial charge in [-0.1, -0.05) is 0 Å². The summed E-state index contributed by atoms with van der Waals surface area (Å²) < 4.78 is 2.62. The number of nitrogens with one attached hydrogen (secondary N) is 1. The van der Waals surface area contributed by atoms with Crippen molar-refractivity contribution in [2.45, 2.75) is 19.9 Å². The van der Waals surface area contributed by atoms with Crippen LogP contribution in [0.1, 0.15) is 19.9 Å². The molecule has 0 aliphatic carbocycles. The number of nitrogens with zero attached hydrogens (tertiary/aromatic N) is 2. The van der Waals surface area contributed by atoms with Crippen molar-refractivity contribution in [3.8, 4) is 0 Å². The summed E-state index contributed by atoms with van der Waals surface area (Å²) in [5.41, 5.74) is 0.863. The molecule has 4 heteroatoms. The molecule has 0 aliphatic heterocycles. The second-order valence-corrected chi connectivity index (χ2v) is 3.67. The van der Waals surface area contributed by atoms with Crippen molar-refractivity contribution in [2.24, 2.45) is 0 Å². The molecule has 2 heterocycles. The van der Waals surface area contributed by atoms with E-state index in [1.807, 2.05) is 23.0 Å². The van der Waals surface area contributed by atoms with Gasteiger partial charge in [-0.05, 0) is 32.1 Å². The minimum atomic E-state index is 0.360. The first-order valence-corrected chi connectivity index (χ1v) is 4.65. The van der Waals surface area contributed by atoms with Gasteiger partial charge < -0.3 is 9.55 Å². The Balaban J connectivity index is 2.77. The van der Waals surface area contributed by atoms with Crippen molar-refractivity contribution in [3.63, 3.8) is 0 Å². The van der Waals surface area contributed by atoms with E-state index in [9.17, 15) is 0 Å². The van der Waals surface area contributed by atoms with Crippen LogP contribution in [-0.2, 0) is 0 Å². The van der Waals surface area contributed by atoms with Gasteiger partial charge in [0.2, 0.25) is 4.77 Å². The van der Waals surface area contributed by atoms with Crippen LogP contribution in [0.2, 0.25) is 0 Å². The van der Waals surface area contributed by atoms with Gasteiger partial charge in [-0.2, -0.15) is 0 Å². The lowest BCUT2D eigenvalue weighted by atomic mass is 10.3. The van der Waals surface area contributed by atoms with E-state index in [0.29, 0.717) is 10.8 Å². The Morgan fingerprint density at radius 3 is 3.00 bits per heavy atom. The molecule has 0 fully saturated rings. The first kappa shape index (κ1) is 8.44. The molecule has 0 bridgehead atoms. The molecular weight excluding hydrogens is 182 g/mol. The third-order valence-electron chi connectivity index (χ3n) is 2.02. The molecule has 0 radical (unpaired) electrons. The Bertz CT molecular complexity index is 481. The highest BCUT2D eigenvalue weighted by Crippen LogP contribution is 2.12. The third-order valence-corrected chi connectivity index (χ3v) is 2.32. The maximum absolute atomic E-state index is 5.15. The Morgan fingerprint density at radius 1 is 1.54 bits per heavy atom. The second kappa shape index (κ2) is 2.96. The van der Waals surface area contributed by atoms with Crippen molar-refractivity contribution in [1.29, 1.82) is 0 Å². The molecule has 0 aliphatic rings. The van der Waals surface area contributed by atoms with E-state index in [0.717, 1.165) is 11.0 Å². The zero-order valence-corrected chi connectivity index (χ0v) is 8.43.